The molecule has 0 aromatic carbocycles. The summed E-state index contributed by atoms with van der Waals surface area (Å²) in [5, 5.41) is 11.2. The van der Waals surface area contributed by atoms with E-state index in [1.54, 1.807) is 0 Å². The second-order valence-corrected chi connectivity index (χ2v) is 3.83. The topological polar surface area (TPSA) is 50.8 Å². The van der Waals surface area contributed by atoms with Crippen LogP contribution in [0.15, 0.2) is 0 Å². The molecular weight excluding hydrogens is 337 g/mol. The summed E-state index contributed by atoms with van der Waals surface area (Å²) in [5.74, 6) is -2.04. The maximum absolute atomic E-state index is 13.0. The van der Waals surface area contributed by atoms with E-state index in [-0.39, 0.29) is 4.68 Å². The van der Waals surface area contributed by atoms with Gasteiger partial charge < -0.3 is 4.74 Å². The van der Waals surface area contributed by atoms with Crippen molar-refractivity contribution < 1.29 is 44.3 Å². The lowest BCUT2D eigenvalue weighted by Crippen LogP contribution is -2.46. The fraction of sp³-hybridized carbons (Fsp3) is 0.556. The monoisotopic (exact) mass is 341 g/mol. The summed E-state index contributed by atoms with van der Waals surface area (Å²) in [6, 6.07) is 0.976. The summed E-state index contributed by atoms with van der Waals surface area (Å²) in [6.45, 7) is 0. The molecule has 0 N–H and O–H groups in total. The molecule has 13 heteroatoms. The van der Waals surface area contributed by atoms with E-state index in [1.165, 1.54) is 0 Å². The van der Waals surface area contributed by atoms with Crippen LogP contribution in [0.3, 0.4) is 0 Å². The largest absolute Gasteiger partial charge is 0.440 e. The van der Waals surface area contributed by atoms with E-state index in [2.05, 4.69) is 9.84 Å². The molecule has 0 bridgehead atoms. The van der Waals surface area contributed by atoms with Crippen molar-refractivity contribution in [2.24, 2.45) is 7.05 Å². The second kappa shape index (κ2) is 5.25. The van der Waals surface area contributed by atoms with Crippen molar-refractivity contribution in [1.29, 1.82) is 5.26 Å². The third kappa shape index (κ3) is 3.37. The van der Waals surface area contributed by atoms with Crippen molar-refractivity contribution >= 4 is 0 Å². The molecule has 1 unspecified atom stereocenters. The van der Waals surface area contributed by atoms with Crippen molar-refractivity contribution in [3.05, 3.63) is 11.3 Å². The average molecular weight is 341 g/mol. The highest BCUT2D eigenvalue weighted by molar-refractivity contribution is 5.41. The molecule has 1 heterocycles. The van der Waals surface area contributed by atoms with E-state index in [9.17, 15) is 39.5 Å². The molecule has 0 aliphatic heterocycles. The van der Waals surface area contributed by atoms with Gasteiger partial charge in [-0.3, -0.25) is 4.68 Å². The molecule has 0 radical (unpaired) electrons. The molecule has 0 amide bonds. The summed E-state index contributed by atoms with van der Waals surface area (Å²) in [7, 11) is 0.732. The SMILES string of the molecule is Cn1nc(OC(F)(F)C(F)C(F)(F)F)c(C(F)(F)F)c1C#N. The van der Waals surface area contributed by atoms with Crippen LogP contribution in [-0.2, 0) is 13.2 Å². The number of alkyl halides is 9. The van der Waals surface area contributed by atoms with Gasteiger partial charge in [0.25, 0.3) is 12.1 Å². The summed E-state index contributed by atoms with van der Waals surface area (Å²) >= 11 is 0. The molecule has 0 spiro atoms. The van der Waals surface area contributed by atoms with Crippen molar-refractivity contribution in [3.8, 4) is 11.9 Å². The standard InChI is InChI=1S/C9H4F9N3O/c1-21-3(2-19)4(7(11,12)13)5(20-21)22-9(17,18)6(10)8(14,15)16/h6H,1H3. The van der Waals surface area contributed by atoms with Gasteiger partial charge in [-0.25, -0.2) is 4.39 Å². The first kappa shape index (κ1) is 17.9. The van der Waals surface area contributed by atoms with Crippen LogP contribution in [0.1, 0.15) is 11.3 Å². The van der Waals surface area contributed by atoms with E-state index in [0.717, 1.165) is 13.1 Å². The molecule has 1 aromatic heterocycles. The quantitative estimate of drug-likeness (QED) is 0.794. The third-order valence-corrected chi connectivity index (χ3v) is 2.22. The minimum Gasteiger partial charge on any atom is -0.410 e. The van der Waals surface area contributed by atoms with Crippen LogP contribution in [0.25, 0.3) is 0 Å². The van der Waals surface area contributed by atoms with Gasteiger partial charge in [-0.15, -0.1) is 5.10 Å². The highest BCUT2D eigenvalue weighted by Gasteiger charge is 2.60. The maximum atomic E-state index is 13.0. The zero-order chi connectivity index (χ0) is 17.5. The minimum absolute atomic E-state index is 0.162. The van der Waals surface area contributed by atoms with Gasteiger partial charge >= 0.3 is 18.5 Å². The smallest absolute Gasteiger partial charge is 0.410 e. The lowest BCUT2D eigenvalue weighted by molar-refractivity contribution is -0.306. The lowest BCUT2D eigenvalue weighted by atomic mass is 10.2. The number of halogens is 9. The molecule has 1 rings (SSSR count). The third-order valence-electron chi connectivity index (χ3n) is 2.22. The van der Waals surface area contributed by atoms with E-state index < -0.39 is 41.8 Å². The van der Waals surface area contributed by atoms with Crippen molar-refractivity contribution in [2.45, 2.75) is 24.6 Å². The highest BCUT2D eigenvalue weighted by atomic mass is 19.4. The van der Waals surface area contributed by atoms with E-state index in [0.29, 0.717) is 0 Å². The van der Waals surface area contributed by atoms with Gasteiger partial charge in [-0.05, 0) is 0 Å². The minimum atomic E-state index is -6.07. The van der Waals surface area contributed by atoms with Gasteiger partial charge in [-0.2, -0.15) is 40.4 Å². The maximum Gasteiger partial charge on any atom is 0.440 e. The predicted molar refractivity (Wildman–Crippen MR) is 49.5 cm³/mol. The normalized spacial score (nSPS) is 14.6. The summed E-state index contributed by atoms with van der Waals surface area (Å²) < 4.78 is 116. The van der Waals surface area contributed by atoms with Gasteiger partial charge in [0.15, 0.2) is 11.3 Å². The number of hydrogen-bond donors (Lipinski definition) is 0. The van der Waals surface area contributed by atoms with Crippen LogP contribution < -0.4 is 4.74 Å². The average Bonchev–Trinajstić information content (AvgIpc) is 2.61. The number of aryl methyl sites for hydroxylation is 1. The molecule has 22 heavy (non-hydrogen) atoms. The Balaban J connectivity index is 3.33. The Hall–Kier alpha value is -2.13. The highest BCUT2D eigenvalue weighted by Crippen LogP contribution is 2.42. The summed E-state index contributed by atoms with van der Waals surface area (Å²) in [6.07, 6.45) is -22.1. The number of nitriles is 1. The Morgan fingerprint density at radius 2 is 1.64 bits per heavy atom. The number of aromatic nitrogens is 2. The first-order valence-electron chi connectivity index (χ1n) is 5.03. The van der Waals surface area contributed by atoms with Crippen LogP contribution in [0, 0.1) is 11.3 Å². The molecule has 0 saturated carbocycles. The molecule has 0 fully saturated rings. The van der Waals surface area contributed by atoms with Crippen LogP contribution in [-0.4, -0.2) is 28.2 Å². The molecule has 4 nitrogen and oxygen atoms in total. The Kier molecular flexibility index (Phi) is 4.28. The van der Waals surface area contributed by atoms with Gasteiger partial charge in [0, 0.05) is 7.05 Å². The summed E-state index contributed by atoms with van der Waals surface area (Å²) in [4.78, 5) is 0. The summed E-state index contributed by atoms with van der Waals surface area (Å²) in [5.41, 5.74) is -3.42. The van der Waals surface area contributed by atoms with Crippen LogP contribution in [0.4, 0.5) is 39.5 Å². The fourth-order valence-corrected chi connectivity index (χ4v) is 1.33. The molecule has 0 aliphatic carbocycles. The fourth-order valence-electron chi connectivity index (χ4n) is 1.33. The number of nitrogens with zero attached hydrogens (tertiary/aromatic N) is 3. The number of hydrogen-bond acceptors (Lipinski definition) is 3. The zero-order valence-electron chi connectivity index (χ0n) is 10.2. The van der Waals surface area contributed by atoms with Crippen molar-refractivity contribution in [2.75, 3.05) is 0 Å². The van der Waals surface area contributed by atoms with Crippen molar-refractivity contribution in [3.63, 3.8) is 0 Å². The van der Waals surface area contributed by atoms with E-state index >= 15 is 0 Å². The molecule has 124 valence electrons. The number of rotatable bonds is 3. The molecular formula is C9H4F9N3O. The molecule has 0 saturated heterocycles. The van der Waals surface area contributed by atoms with Gasteiger partial charge in [0.2, 0.25) is 0 Å². The Morgan fingerprint density at radius 1 is 1.14 bits per heavy atom. The lowest BCUT2D eigenvalue weighted by Gasteiger charge is -2.22. The van der Waals surface area contributed by atoms with Crippen LogP contribution >= 0.6 is 0 Å². The van der Waals surface area contributed by atoms with Crippen LogP contribution in [0.2, 0.25) is 0 Å². The zero-order valence-corrected chi connectivity index (χ0v) is 10.2. The van der Waals surface area contributed by atoms with Gasteiger partial charge in [0.05, 0.1) is 0 Å². The first-order chi connectivity index (χ1) is 9.71. The molecule has 1 aromatic rings. The predicted octanol–water partition coefficient (Wildman–Crippen LogP) is 3.18. The Morgan fingerprint density at radius 3 is 2.00 bits per heavy atom. The second-order valence-electron chi connectivity index (χ2n) is 3.83. The molecule has 1 atom stereocenters. The van der Waals surface area contributed by atoms with Crippen molar-refractivity contribution in [1.82, 2.24) is 9.78 Å². The van der Waals surface area contributed by atoms with E-state index in [4.69, 9.17) is 5.26 Å². The number of ether oxygens (including phenoxy) is 1. The van der Waals surface area contributed by atoms with Gasteiger partial charge in [0.1, 0.15) is 6.07 Å². The van der Waals surface area contributed by atoms with Crippen LogP contribution in [0.5, 0.6) is 5.88 Å². The Labute approximate surface area is 115 Å². The van der Waals surface area contributed by atoms with E-state index in [1.807, 2.05) is 0 Å². The first-order valence-corrected chi connectivity index (χ1v) is 5.03. The molecule has 0 aliphatic rings. The Bertz CT molecular complexity index is 595. The van der Waals surface area contributed by atoms with Gasteiger partial charge in [-0.1, -0.05) is 0 Å².